The van der Waals surface area contributed by atoms with Crippen LogP contribution in [0.1, 0.15) is 38.2 Å². The maximum Gasteiger partial charge on any atom is 0.240 e. The first-order valence-electron chi connectivity index (χ1n) is 6.70. The molecule has 1 aliphatic heterocycles. The second-order valence-electron chi connectivity index (χ2n) is 5.21. The zero-order valence-corrected chi connectivity index (χ0v) is 12.2. The molecule has 1 saturated heterocycles. The van der Waals surface area contributed by atoms with Gasteiger partial charge in [-0.2, -0.15) is 0 Å². The topological polar surface area (TPSA) is 55.4 Å². The zero-order chi connectivity index (χ0) is 13.9. The van der Waals surface area contributed by atoms with E-state index in [1.165, 1.54) is 0 Å². The molecule has 1 aliphatic rings. The molecule has 1 N–H and O–H groups in total. The quantitative estimate of drug-likeness (QED) is 0.902. The molecular weight excluding hydrogens is 262 g/mol. The number of benzene rings is 1. The summed E-state index contributed by atoms with van der Waals surface area (Å²) in [6.07, 6.45) is 1.95. The molecule has 5 heteroatoms. The Balaban J connectivity index is 2.01. The summed E-state index contributed by atoms with van der Waals surface area (Å²) < 4.78 is 32.2. The average Bonchev–Trinajstić information content (AvgIpc) is 2.90. The predicted molar refractivity (Wildman–Crippen MR) is 74.7 cm³/mol. The van der Waals surface area contributed by atoms with E-state index in [2.05, 4.69) is 18.6 Å². The van der Waals surface area contributed by atoms with Crippen LogP contribution >= 0.6 is 0 Å². The van der Waals surface area contributed by atoms with Crippen LogP contribution < -0.4 is 4.72 Å². The van der Waals surface area contributed by atoms with Crippen molar-refractivity contribution in [2.45, 2.75) is 43.6 Å². The number of rotatable bonds is 5. The largest absolute Gasteiger partial charge is 0.377 e. The molecule has 0 amide bonds. The summed E-state index contributed by atoms with van der Waals surface area (Å²) in [5.74, 6) is 0.400. The lowest BCUT2D eigenvalue weighted by Crippen LogP contribution is -2.31. The third kappa shape index (κ3) is 3.78. The molecule has 0 aromatic heterocycles. The van der Waals surface area contributed by atoms with Gasteiger partial charge >= 0.3 is 0 Å². The van der Waals surface area contributed by atoms with Crippen LogP contribution in [-0.4, -0.2) is 27.7 Å². The van der Waals surface area contributed by atoms with Crippen molar-refractivity contribution in [2.75, 3.05) is 13.2 Å². The first kappa shape index (κ1) is 14.5. The number of hydrogen-bond acceptors (Lipinski definition) is 3. The molecule has 0 unspecified atom stereocenters. The molecule has 106 valence electrons. The lowest BCUT2D eigenvalue weighted by Gasteiger charge is -2.12. The summed E-state index contributed by atoms with van der Waals surface area (Å²) in [7, 11) is -3.42. The summed E-state index contributed by atoms with van der Waals surface area (Å²) in [4.78, 5) is 0.315. The molecule has 0 aliphatic carbocycles. The van der Waals surface area contributed by atoms with Crippen LogP contribution in [-0.2, 0) is 14.8 Å². The Morgan fingerprint density at radius 2 is 2.00 bits per heavy atom. The lowest BCUT2D eigenvalue weighted by atomic mass is 10.0. The van der Waals surface area contributed by atoms with Gasteiger partial charge < -0.3 is 4.74 Å². The highest BCUT2D eigenvalue weighted by Gasteiger charge is 2.20. The Kier molecular flexibility index (Phi) is 4.60. The van der Waals surface area contributed by atoms with Crippen molar-refractivity contribution < 1.29 is 13.2 Å². The lowest BCUT2D eigenvalue weighted by molar-refractivity contribution is 0.114. The first-order chi connectivity index (χ1) is 8.99. The van der Waals surface area contributed by atoms with E-state index in [9.17, 15) is 8.42 Å². The average molecular weight is 283 g/mol. The van der Waals surface area contributed by atoms with E-state index < -0.39 is 10.0 Å². The maximum absolute atomic E-state index is 12.1. The molecule has 0 radical (unpaired) electrons. The Bertz CT molecular complexity index is 502. The molecule has 0 saturated carbocycles. The highest BCUT2D eigenvalue weighted by Crippen LogP contribution is 2.18. The molecule has 19 heavy (non-hydrogen) atoms. The van der Waals surface area contributed by atoms with Crippen LogP contribution in [0.5, 0.6) is 0 Å². The molecular formula is C14H21NO3S. The zero-order valence-electron chi connectivity index (χ0n) is 11.4. The smallest absolute Gasteiger partial charge is 0.240 e. The molecule has 1 aromatic rings. The molecule has 1 heterocycles. The Labute approximate surface area is 115 Å². The molecule has 2 rings (SSSR count). The molecule has 1 atom stereocenters. The van der Waals surface area contributed by atoms with Crippen molar-refractivity contribution >= 4 is 10.0 Å². The van der Waals surface area contributed by atoms with Gasteiger partial charge in [-0.05, 0) is 36.5 Å². The van der Waals surface area contributed by atoms with Crippen molar-refractivity contribution in [3.63, 3.8) is 0 Å². The van der Waals surface area contributed by atoms with Gasteiger partial charge in [-0.15, -0.1) is 0 Å². The summed E-state index contributed by atoms with van der Waals surface area (Å²) in [6, 6.07) is 7.05. The fourth-order valence-electron chi connectivity index (χ4n) is 2.12. The van der Waals surface area contributed by atoms with Gasteiger partial charge in [0.25, 0.3) is 0 Å². The summed E-state index contributed by atoms with van der Waals surface area (Å²) in [6.45, 7) is 5.25. The minimum atomic E-state index is -3.42. The van der Waals surface area contributed by atoms with Gasteiger partial charge in [0, 0.05) is 13.2 Å². The van der Waals surface area contributed by atoms with Crippen LogP contribution in [0.25, 0.3) is 0 Å². The van der Waals surface area contributed by atoms with Crippen molar-refractivity contribution in [2.24, 2.45) is 0 Å². The Hall–Kier alpha value is -0.910. The Morgan fingerprint density at radius 1 is 1.32 bits per heavy atom. The third-order valence-electron chi connectivity index (χ3n) is 3.38. The first-order valence-corrected chi connectivity index (χ1v) is 8.18. The third-order valence-corrected chi connectivity index (χ3v) is 4.82. The van der Waals surface area contributed by atoms with Crippen LogP contribution in [0.2, 0.25) is 0 Å². The summed E-state index contributed by atoms with van der Waals surface area (Å²) in [5, 5.41) is 0. The minimum Gasteiger partial charge on any atom is -0.377 e. The van der Waals surface area contributed by atoms with E-state index in [0.29, 0.717) is 17.4 Å². The number of sulfonamides is 1. The maximum atomic E-state index is 12.1. The van der Waals surface area contributed by atoms with Crippen molar-refractivity contribution in [1.29, 1.82) is 0 Å². The van der Waals surface area contributed by atoms with Crippen LogP contribution in [0.3, 0.4) is 0 Å². The van der Waals surface area contributed by atoms with Crippen molar-refractivity contribution in [1.82, 2.24) is 4.72 Å². The summed E-state index contributed by atoms with van der Waals surface area (Å²) >= 11 is 0. The van der Waals surface area contributed by atoms with Gasteiger partial charge in [0.1, 0.15) is 0 Å². The van der Waals surface area contributed by atoms with Crippen molar-refractivity contribution in [3.8, 4) is 0 Å². The van der Waals surface area contributed by atoms with Gasteiger partial charge in [-0.25, -0.2) is 13.1 Å². The van der Waals surface area contributed by atoms with Crippen molar-refractivity contribution in [3.05, 3.63) is 29.8 Å². The molecule has 0 spiro atoms. The van der Waals surface area contributed by atoms with E-state index in [0.717, 1.165) is 25.0 Å². The molecule has 0 bridgehead atoms. The van der Waals surface area contributed by atoms with E-state index in [4.69, 9.17) is 4.74 Å². The second-order valence-corrected chi connectivity index (χ2v) is 6.98. The SMILES string of the molecule is CC(C)c1ccc(S(=O)(=O)NC[C@@H]2CCCO2)cc1. The molecule has 1 fully saturated rings. The van der Waals surface area contributed by atoms with E-state index in [-0.39, 0.29) is 6.10 Å². The van der Waals surface area contributed by atoms with Gasteiger partial charge in [-0.3, -0.25) is 0 Å². The molecule has 1 aromatic carbocycles. The highest BCUT2D eigenvalue weighted by atomic mass is 32.2. The fourth-order valence-corrected chi connectivity index (χ4v) is 3.19. The second kappa shape index (κ2) is 6.03. The van der Waals surface area contributed by atoms with Crippen LogP contribution in [0.15, 0.2) is 29.2 Å². The van der Waals surface area contributed by atoms with Gasteiger partial charge in [0.2, 0.25) is 10.0 Å². The fraction of sp³-hybridized carbons (Fsp3) is 0.571. The Morgan fingerprint density at radius 3 is 2.53 bits per heavy atom. The van der Waals surface area contributed by atoms with Gasteiger partial charge in [-0.1, -0.05) is 26.0 Å². The normalized spacial score (nSPS) is 20.1. The summed E-state index contributed by atoms with van der Waals surface area (Å²) in [5.41, 5.74) is 1.14. The predicted octanol–water partition coefficient (Wildman–Crippen LogP) is 2.27. The molecule has 4 nitrogen and oxygen atoms in total. The monoisotopic (exact) mass is 283 g/mol. The van der Waals surface area contributed by atoms with Gasteiger partial charge in [0.05, 0.1) is 11.0 Å². The van der Waals surface area contributed by atoms with E-state index in [1.54, 1.807) is 12.1 Å². The van der Waals surface area contributed by atoms with E-state index >= 15 is 0 Å². The van der Waals surface area contributed by atoms with E-state index in [1.807, 2.05) is 12.1 Å². The van der Waals surface area contributed by atoms with Crippen LogP contribution in [0, 0.1) is 0 Å². The number of ether oxygens (including phenoxy) is 1. The number of nitrogens with one attached hydrogen (secondary N) is 1. The standard InChI is InChI=1S/C14H21NO3S/c1-11(2)12-5-7-14(8-6-12)19(16,17)15-10-13-4-3-9-18-13/h5-8,11,13,15H,3-4,9-10H2,1-2H3/t13-/m0/s1. The minimum absolute atomic E-state index is 0.0183. The highest BCUT2D eigenvalue weighted by molar-refractivity contribution is 7.89. The van der Waals surface area contributed by atoms with Gasteiger partial charge in [0.15, 0.2) is 0 Å². The number of hydrogen-bond donors (Lipinski definition) is 1. The van der Waals surface area contributed by atoms with Crippen LogP contribution in [0.4, 0.5) is 0 Å².